The van der Waals surface area contributed by atoms with Crippen LogP contribution in [0.3, 0.4) is 0 Å². The van der Waals surface area contributed by atoms with E-state index in [1.165, 1.54) is 30.5 Å². The van der Waals surface area contributed by atoms with E-state index in [0.29, 0.717) is 11.1 Å². The van der Waals surface area contributed by atoms with Gasteiger partial charge in [-0.05, 0) is 24.3 Å². The Kier molecular flexibility index (Phi) is 4.33. The first-order chi connectivity index (χ1) is 10.4. The quantitative estimate of drug-likeness (QED) is 0.704. The maximum atomic E-state index is 13.1. The Morgan fingerprint density at radius 2 is 1.61 bits per heavy atom. The lowest BCUT2D eigenvalue weighted by molar-refractivity contribution is -0.136. The van der Waals surface area contributed by atoms with Gasteiger partial charge in [0.05, 0.1) is 11.1 Å². The monoisotopic (exact) mass is 340 g/mol. The van der Waals surface area contributed by atoms with Crippen LogP contribution in [0, 0.1) is 0 Å². The SMILES string of the molecule is Cl.Nc1ccc(-c2ccc(C(F)(F)F)c3cccnc23)c(N)n1. The fraction of sp³-hybridized carbons (Fsp3) is 0.0667. The number of nitrogens with two attached hydrogens (primary N) is 2. The zero-order chi connectivity index (χ0) is 15.9. The van der Waals surface area contributed by atoms with E-state index in [2.05, 4.69) is 9.97 Å². The highest BCUT2D eigenvalue weighted by atomic mass is 35.5. The lowest BCUT2D eigenvalue weighted by Crippen LogP contribution is -2.06. The molecule has 0 saturated heterocycles. The van der Waals surface area contributed by atoms with Crippen LogP contribution in [-0.2, 0) is 6.18 Å². The summed E-state index contributed by atoms with van der Waals surface area (Å²) in [7, 11) is 0. The molecule has 4 N–H and O–H groups in total. The zero-order valence-corrected chi connectivity index (χ0v) is 12.4. The highest BCUT2D eigenvalue weighted by Gasteiger charge is 2.33. The number of aromatic nitrogens is 2. The van der Waals surface area contributed by atoms with Crippen LogP contribution < -0.4 is 11.5 Å². The molecule has 2 aromatic heterocycles. The fourth-order valence-corrected chi connectivity index (χ4v) is 2.36. The van der Waals surface area contributed by atoms with E-state index >= 15 is 0 Å². The van der Waals surface area contributed by atoms with Crippen molar-refractivity contribution in [1.29, 1.82) is 0 Å². The molecule has 120 valence electrons. The van der Waals surface area contributed by atoms with Crippen LogP contribution in [0.5, 0.6) is 0 Å². The highest BCUT2D eigenvalue weighted by Crippen LogP contribution is 2.38. The molecule has 0 unspecified atom stereocenters. The number of nitrogen functional groups attached to an aromatic ring is 2. The molecule has 0 aliphatic carbocycles. The summed E-state index contributed by atoms with van der Waals surface area (Å²) >= 11 is 0. The summed E-state index contributed by atoms with van der Waals surface area (Å²) in [6.07, 6.45) is -3.02. The summed E-state index contributed by atoms with van der Waals surface area (Å²) < 4.78 is 39.3. The lowest BCUT2D eigenvalue weighted by Gasteiger charge is -2.14. The number of rotatable bonds is 1. The topological polar surface area (TPSA) is 77.8 Å². The van der Waals surface area contributed by atoms with Crippen LogP contribution in [0.1, 0.15) is 5.56 Å². The Balaban J connectivity index is 0.00000192. The predicted octanol–water partition coefficient (Wildman–Crippen LogP) is 3.90. The fourth-order valence-electron chi connectivity index (χ4n) is 2.36. The molecule has 0 atom stereocenters. The third-order valence-electron chi connectivity index (χ3n) is 3.31. The van der Waals surface area contributed by atoms with Crippen LogP contribution in [0.2, 0.25) is 0 Å². The van der Waals surface area contributed by atoms with E-state index in [0.717, 1.165) is 6.07 Å². The lowest BCUT2D eigenvalue weighted by atomic mass is 9.98. The molecule has 3 rings (SSSR count). The van der Waals surface area contributed by atoms with E-state index in [4.69, 9.17) is 11.5 Å². The van der Waals surface area contributed by atoms with Crippen molar-refractivity contribution in [2.24, 2.45) is 0 Å². The van der Waals surface area contributed by atoms with Crippen LogP contribution in [-0.4, -0.2) is 9.97 Å². The molecule has 1 aromatic carbocycles. The Hall–Kier alpha value is -2.54. The number of halogens is 4. The van der Waals surface area contributed by atoms with Crippen molar-refractivity contribution in [3.63, 3.8) is 0 Å². The maximum Gasteiger partial charge on any atom is 0.417 e. The number of hydrogen-bond donors (Lipinski definition) is 2. The van der Waals surface area contributed by atoms with Gasteiger partial charge in [0.2, 0.25) is 0 Å². The molecule has 0 bridgehead atoms. The van der Waals surface area contributed by atoms with Crippen molar-refractivity contribution in [2.45, 2.75) is 6.18 Å². The molecule has 0 amide bonds. The first kappa shape index (κ1) is 16.8. The molecule has 0 saturated carbocycles. The summed E-state index contributed by atoms with van der Waals surface area (Å²) in [5.41, 5.74) is 11.8. The average Bonchev–Trinajstić information content (AvgIpc) is 2.45. The van der Waals surface area contributed by atoms with E-state index < -0.39 is 11.7 Å². The van der Waals surface area contributed by atoms with E-state index in [1.54, 1.807) is 6.07 Å². The molecule has 0 aliphatic rings. The van der Waals surface area contributed by atoms with Crippen molar-refractivity contribution in [2.75, 3.05) is 11.5 Å². The van der Waals surface area contributed by atoms with E-state index in [-0.39, 0.29) is 34.9 Å². The zero-order valence-electron chi connectivity index (χ0n) is 11.6. The third-order valence-corrected chi connectivity index (χ3v) is 3.31. The molecular weight excluding hydrogens is 329 g/mol. The summed E-state index contributed by atoms with van der Waals surface area (Å²) in [5.74, 6) is 0.386. The highest BCUT2D eigenvalue weighted by molar-refractivity contribution is 5.98. The molecule has 4 nitrogen and oxygen atoms in total. The molecule has 23 heavy (non-hydrogen) atoms. The molecular formula is C15H12ClF3N4. The summed E-state index contributed by atoms with van der Waals surface area (Å²) in [4.78, 5) is 8.01. The normalized spacial score (nSPS) is 11.3. The maximum absolute atomic E-state index is 13.1. The largest absolute Gasteiger partial charge is 0.417 e. The molecule has 0 fully saturated rings. The molecule has 0 radical (unpaired) electrons. The van der Waals surface area contributed by atoms with Gasteiger partial charge < -0.3 is 11.5 Å². The van der Waals surface area contributed by atoms with Crippen molar-refractivity contribution < 1.29 is 13.2 Å². The smallest absolute Gasteiger partial charge is 0.384 e. The minimum Gasteiger partial charge on any atom is -0.384 e. The number of fused-ring (bicyclic) bond motifs is 1. The van der Waals surface area contributed by atoms with E-state index in [9.17, 15) is 13.2 Å². The average molecular weight is 341 g/mol. The second-order valence-electron chi connectivity index (χ2n) is 4.73. The van der Waals surface area contributed by atoms with Crippen molar-refractivity contribution >= 4 is 34.9 Å². The number of pyridine rings is 2. The van der Waals surface area contributed by atoms with Gasteiger partial charge in [-0.3, -0.25) is 4.98 Å². The molecule has 3 aromatic rings. The van der Waals surface area contributed by atoms with Crippen LogP contribution in [0.4, 0.5) is 24.8 Å². The second kappa shape index (κ2) is 5.92. The van der Waals surface area contributed by atoms with Gasteiger partial charge in [0.15, 0.2) is 0 Å². The van der Waals surface area contributed by atoms with Gasteiger partial charge in [-0.2, -0.15) is 13.2 Å². The number of nitrogens with zero attached hydrogens (tertiary/aromatic N) is 2. The van der Waals surface area contributed by atoms with Crippen molar-refractivity contribution in [3.05, 3.63) is 48.2 Å². The number of alkyl halides is 3. The minimum atomic E-state index is -4.45. The summed E-state index contributed by atoms with van der Waals surface area (Å²) in [6.45, 7) is 0. The Morgan fingerprint density at radius 3 is 2.26 bits per heavy atom. The second-order valence-corrected chi connectivity index (χ2v) is 4.73. The van der Waals surface area contributed by atoms with Crippen molar-refractivity contribution in [1.82, 2.24) is 9.97 Å². The van der Waals surface area contributed by atoms with Gasteiger partial charge in [-0.25, -0.2) is 4.98 Å². The molecule has 0 spiro atoms. The van der Waals surface area contributed by atoms with Crippen LogP contribution in [0.25, 0.3) is 22.0 Å². The van der Waals surface area contributed by atoms with Gasteiger partial charge in [0.1, 0.15) is 11.6 Å². The number of hydrogen-bond acceptors (Lipinski definition) is 4. The Morgan fingerprint density at radius 1 is 0.913 bits per heavy atom. The predicted molar refractivity (Wildman–Crippen MR) is 86.0 cm³/mol. The number of benzene rings is 1. The van der Waals surface area contributed by atoms with Crippen LogP contribution in [0.15, 0.2) is 42.6 Å². The van der Waals surface area contributed by atoms with Gasteiger partial charge in [0, 0.05) is 22.7 Å². The number of anilines is 2. The minimum absolute atomic E-state index is 0. The molecule has 2 heterocycles. The Bertz CT molecular complexity index is 865. The van der Waals surface area contributed by atoms with Gasteiger partial charge in [-0.15, -0.1) is 12.4 Å². The summed E-state index contributed by atoms with van der Waals surface area (Å²) in [6, 6.07) is 8.38. The van der Waals surface area contributed by atoms with Gasteiger partial charge in [0.25, 0.3) is 0 Å². The molecule has 8 heteroatoms. The standard InChI is InChI=1S/C15H11F3N4.ClH/c16-15(17,18)11-5-3-8(13-10(11)2-1-7-21-13)9-4-6-12(19)22-14(9)20;/h1-7H,(H4,19,20,22);1H. The van der Waals surface area contributed by atoms with Gasteiger partial charge >= 0.3 is 6.18 Å². The van der Waals surface area contributed by atoms with Crippen LogP contribution >= 0.6 is 12.4 Å². The van der Waals surface area contributed by atoms with E-state index in [1.807, 2.05) is 0 Å². The van der Waals surface area contributed by atoms with Gasteiger partial charge in [-0.1, -0.05) is 12.1 Å². The third kappa shape index (κ3) is 3.00. The van der Waals surface area contributed by atoms with Crippen molar-refractivity contribution in [3.8, 4) is 11.1 Å². The summed E-state index contributed by atoms with van der Waals surface area (Å²) in [5, 5.41) is 0.0173. The first-order valence-electron chi connectivity index (χ1n) is 6.35. The Labute approximate surface area is 135 Å². The molecule has 0 aliphatic heterocycles. The first-order valence-corrected chi connectivity index (χ1v) is 6.35.